The van der Waals surface area contributed by atoms with Gasteiger partial charge in [0.25, 0.3) is 5.91 Å². The summed E-state index contributed by atoms with van der Waals surface area (Å²) in [5, 5.41) is 33.3. The predicted molar refractivity (Wildman–Crippen MR) is 78.6 cm³/mol. The number of carbonyl (C=O) groups excluding carboxylic acids is 2. The molecule has 126 valence electrons. The first kappa shape index (κ1) is 17.4. The van der Waals surface area contributed by atoms with Crippen molar-refractivity contribution >= 4 is 11.8 Å². The van der Waals surface area contributed by atoms with E-state index in [9.17, 15) is 25.0 Å². The Bertz CT molecular complexity index is 566. The summed E-state index contributed by atoms with van der Waals surface area (Å²) in [5.41, 5.74) is -1.57. The van der Waals surface area contributed by atoms with Crippen LogP contribution in [0.25, 0.3) is 0 Å². The van der Waals surface area contributed by atoms with Crippen LogP contribution < -0.4 is 5.32 Å². The van der Waals surface area contributed by atoms with Crippen molar-refractivity contribution in [2.75, 3.05) is 19.7 Å². The fourth-order valence-corrected chi connectivity index (χ4v) is 2.39. The van der Waals surface area contributed by atoms with Gasteiger partial charge in [0.15, 0.2) is 0 Å². The summed E-state index contributed by atoms with van der Waals surface area (Å²) in [4.78, 5) is 23.0. The monoisotopic (exact) mass is 324 g/mol. The number of carbonyl (C=O) groups is 2. The van der Waals surface area contributed by atoms with Crippen LogP contribution in [0.5, 0.6) is 0 Å². The Morgan fingerprint density at radius 1 is 1.39 bits per heavy atom. The number of aliphatic hydroxyl groups is 2. The molecule has 23 heavy (non-hydrogen) atoms. The minimum Gasteiger partial charge on any atom is -0.387 e. The van der Waals surface area contributed by atoms with Gasteiger partial charge in [-0.2, -0.15) is 0 Å². The Morgan fingerprint density at radius 2 is 2.04 bits per heavy atom. The maximum Gasteiger partial charge on any atom is 0.277 e. The van der Waals surface area contributed by atoms with E-state index in [2.05, 4.69) is 5.32 Å². The third-order valence-corrected chi connectivity index (χ3v) is 3.68. The van der Waals surface area contributed by atoms with Gasteiger partial charge < -0.3 is 20.3 Å². The molecule has 0 radical (unpaired) electrons. The Hall–Kier alpha value is -2.00. The third kappa shape index (κ3) is 4.05. The molecular formula is C15H20N2O6. The van der Waals surface area contributed by atoms with Crippen LogP contribution in [0.2, 0.25) is 0 Å². The molecule has 3 atom stereocenters. The molecule has 1 aliphatic heterocycles. The van der Waals surface area contributed by atoms with Crippen LogP contribution in [0.3, 0.4) is 0 Å². The number of aliphatic hydroxyl groups excluding tert-OH is 1. The van der Waals surface area contributed by atoms with Crippen molar-refractivity contribution in [1.82, 2.24) is 10.4 Å². The van der Waals surface area contributed by atoms with Gasteiger partial charge in [-0.15, -0.1) is 0 Å². The molecule has 1 fully saturated rings. The molecule has 0 unspecified atom stereocenters. The van der Waals surface area contributed by atoms with Crippen LogP contribution in [0.1, 0.15) is 17.3 Å². The van der Waals surface area contributed by atoms with Crippen molar-refractivity contribution in [3.05, 3.63) is 35.9 Å². The number of nitrogens with zero attached hydrogens (tertiary/aromatic N) is 1. The van der Waals surface area contributed by atoms with Crippen LogP contribution in [-0.4, -0.2) is 69.8 Å². The largest absolute Gasteiger partial charge is 0.387 e. The van der Waals surface area contributed by atoms with Crippen molar-refractivity contribution in [3.63, 3.8) is 0 Å². The molecule has 2 amide bonds. The molecule has 1 aliphatic rings. The van der Waals surface area contributed by atoms with E-state index in [0.717, 1.165) is 0 Å². The molecule has 0 saturated carbocycles. The zero-order chi connectivity index (χ0) is 17.0. The van der Waals surface area contributed by atoms with Crippen LogP contribution >= 0.6 is 0 Å². The van der Waals surface area contributed by atoms with Crippen LogP contribution in [-0.2, 0) is 9.53 Å². The Balaban J connectivity index is 1.98. The lowest BCUT2D eigenvalue weighted by atomic mass is 9.96. The molecule has 0 aliphatic carbocycles. The highest BCUT2D eigenvalue weighted by molar-refractivity contribution is 5.93. The minimum absolute atomic E-state index is 0.0247. The summed E-state index contributed by atoms with van der Waals surface area (Å²) in [6, 6.07) is 8.07. The van der Waals surface area contributed by atoms with E-state index in [0.29, 0.717) is 5.06 Å². The van der Waals surface area contributed by atoms with Crippen LogP contribution in [0.4, 0.5) is 0 Å². The van der Waals surface area contributed by atoms with Crippen molar-refractivity contribution in [1.29, 1.82) is 0 Å². The molecule has 0 bridgehead atoms. The molecule has 8 heteroatoms. The highest BCUT2D eigenvalue weighted by Gasteiger charge is 2.49. The minimum atomic E-state index is -1.82. The van der Waals surface area contributed by atoms with Gasteiger partial charge in [0.2, 0.25) is 5.91 Å². The zero-order valence-electron chi connectivity index (χ0n) is 12.7. The van der Waals surface area contributed by atoms with Crippen LogP contribution in [0.15, 0.2) is 30.3 Å². The molecule has 1 aromatic rings. The summed E-state index contributed by atoms with van der Waals surface area (Å²) < 4.78 is 5.25. The van der Waals surface area contributed by atoms with Crippen molar-refractivity contribution in [3.8, 4) is 0 Å². The zero-order valence-corrected chi connectivity index (χ0v) is 12.7. The second kappa shape index (κ2) is 7.05. The standard InChI is InChI=1S/C15H20N2O6/c1-10(18)16-7-12-13(19)15(21,9-23-12)8-17(22)14(20)11-5-3-2-4-6-11/h2-6,12-13,19,21-22H,7-9H2,1H3,(H,16,18)/t12-,13-,15+/m1/s1. The maximum atomic E-state index is 12.1. The molecular weight excluding hydrogens is 304 g/mol. The molecule has 0 spiro atoms. The van der Waals surface area contributed by atoms with E-state index in [1.165, 1.54) is 19.1 Å². The Kier molecular flexibility index (Phi) is 5.32. The smallest absolute Gasteiger partial charge is 0.277 e. The second-order valence-corrected chi connectivity index (χ2v) is 5.56. The molecule has 1 aromatic carbocycles. The highest BCUT2D eigenvalue weighted by atomic mass is 16.5. The summed E-state index contributed by atoms with van der Waals surface area (Å²) >= 11 is 0. The number of hydrogen-bond acceptors (Lipinski definition) is 6. The summed E-state index contributed by atoms with van der Waals surface area (Å²) in [6.45, 7) is 0.564. The number of hydrogen-bond donors (Lipinski definition) is 4. The lowest BCUT2D eigenvalue weighted by molar-refractivity contribution is -0.134. The van der Waals surface area contributed by atoms with Gasteiger partial charge in [-0.05, 0) is 12.1 Å². The SMILES string of the molecule is CC(=O)NC[C@H]1OC[C@@](O)(CN(O)C(=O)c2ccccc2)[C@@H]1O. The molecule has 0 aromatic heterocycles. The number of ether oxygens (including phenoxy) is 1. The van der Waals surface area contributed by atoms with E-state index in [4.69, 9.17) is 4.74 Å². The normalized spacial score (nSPS) is 26.8. The van der Waals surface area contributed by atoms with Crippen molar-refractivity contribution in [2.24, 2.45) is 0 Å². The molecule has 2 rings (SSSR count). The third-order valence-electron chi connectivity index (χ3n) is 3.68. The highest BCUT2D eigenvalue weighted by Crippen LogP contribution is 2.26. The fourth-order valence-electron chi connectivity index (χ4n) is 2.39. The number of benzene rings is 1. The van der Waals surface area contributed by atoms with Crippen LogP contribution in [0, 0.1) is 0 Å². The first-order chi connectivity index (χ1) is 10.8. The summed E-state index contributed by atoms with van der Waals surface area (Å²) in [6.07, 6.45) is -2.17. The number of amides is 2. The fraction of sp³-hybridized carbons (Fsp3) is 0.467. The predicted octanol–water partition coefficient (Wildman–Crippen LogP) is -0.855. The van der Waals surface area contributed by atoms with Gasteiger partial charge in [0.1, 0.15) is 17.8 Å². The number of nitrogens with one attached hydrogen (secondary N) is 1. The lowest BCUT2D eigenvalue weighted by Crippen LogP contribution is -2.54. The summed E-state index contributed by atoms with van der Waals surface area (Å²) in [7, 11) is 0. The summed E-state index contributed by atoms with van der Waals surface area (Å²) in [5.74, 6) is -0.990. The van der Waals surface area contributed by atoms with Gasteiger partial charge in [-0.1, -0.05) is 18.2 Å². The first-order valence-corrected chi connectivity index (χ1v) is 7.16. The van der Waals surface area contributed by atoms with Gasteiger partial charge in [-0.3, -0.25) is 14.8 Å². The van der Waals surface area contributed by atoms with Gasteiger partial charge in [-0.25, -0.2) is 5.06 Å². The van der Waals surface area contributed by atoms with E-state index in [1.54, 1.807) is 18.2 Å². The molecule has 4 N–H and O–H groups in total. The Morgan fingerprint density at radius 3 is 2.65 bits per heavy atom. The van der Waals surface area contributed by atoms with E-state index < -0.39 is 30.3 Å². The second-order valence-electron chi connectivity index (χ2n) is 5.56. The van der Waals surface area contributed by atoms with E-state index >= 15 is 0 Å². The average Bonchev–Trinajstić information content (AvgIpc) is 2.80. The lowest BCUT2D eigenvalue weighted by Gasteiger charge is -2.29. The molecule has 8 nitrogen and oxygen atoms in total. The van der Waals surface area contributed by atoms with Gasteiger partial charge in [0.05, 0.1) is 13.2 Å². The van der Waals surface area contributed by atoms with E-state index in [1.807, 2.05) is 0 Å². The van der Waals surface area contributed by atoms with Gasteiger partial charge in [0, 0.05) is 19.0 Å². The molecule has 1 heterocycles. The maximum absolute atomic E-state index is 12.1. The number of rotatable bonds is 5. The van der Waals surface area contributed by atoms with Crippen molar-refractivity contribution < 1.29 is 29.7 Å². The van der Waals surface area contributed by atoms with Crippen molar-refractivity contribution in [2.45, 2.75) is 24.7 Å². The van der Waals surface area contributed by atoms with E-state index in [-0.39, 0.29) is 24.6 Å². The topological polar surface area (TPSA) is 119 Å². The average molecular weight is 324 g/mol. The first-order valence-electron chi connectivity index (χ1n) is 7.16. The van der Waals surface area contributed by atoms with Gasteiger partial charge >= 0.3 is 0 Å². The molecule has 1 saturated heterocycles. The number of hydroxylamine groups is 2. The Labute approximate surface area is 133 Å². The quantitative estimate of drug-likeness (QED) is 0.413.